The van der Waals surface area contributed by atoms with E-state index in [1.807, 2.05) is 0 Å². The molecule has 1 spiro atoms. The predicted octanol–water partition coefficient (Wildman–Crippen LogP) is 11.7. The molecule has 0 amide bonds. The summed E-state index contributed by atoms with van der Waals surface area (Å²) in [6.45, 7) is 0. The Labute approximate surface area is 306 Å². The summed E-state index contributed by atoms with van der Waals surface area (Å²) in [6, 6.07) is 37.6. The highest BCUT2D eigenvalue weighted by Gasteiger charge is 2.54. The molecular formula is C49H41NO2. The molecule has 4 unspecified atom stereocenters. The van der Waals surface area contributed by atoms with Crippen LogP contribution in [0.25, 0.3) is 11.1 Å². The molecule has 3 heterocycles. The van der Waals surface area contributed by atoms with E-state index in [1.54, 1.807) is 5.57 Å². The molecule has 0 N–H and O–H groups in total. The van der Waals surface area contributed by atoms with E-state index in [0.29, 0.717) is 12.0 Å². The maximum atomic E-state index is 7.03. The second-order valence-electron chi connectivity index (χ2n) is 15.2. The average Bonchev–Trinajstić information content (AvgIpc) is 3.55. The quantitative estimate of drug-likeness (QED) is 0.216. The second-order valence-corrected chi connectivity index (χ2v) is 15.2. The Morgan fingerprint density at radius 2 is 1.46 bits per heavy atom. The van der Waals surface area contributed by atoms with Gasteiger partial charge in [-0.25, -0.2) is 0 Å². The van der Waals surface area contributed by atoms with Crippen molar-refractivity contribution >= 4 is 5.69 Å². The van der Waals surface area contributed by atoms with Crippen molar-refractivity contribution in [1.82, 2.24) is 0 Å². The standard InChI is InChI=1S/C49H41NO2/c1-3-13-32(14-4-1)35-23-26-41-48(31-35)52-47-28-25-34(30-42(47)49(41)39-18-8-11-21-45(39)51-46-22-12-9-19-40(46)49)33-24-27-44-38(29-33)37-17-7-10-20-43(37)50(44)36-15-5-2-6-16-36/h1-6,8,10-11,13-16,18,20-21,23-29,31,34,38,44H,7,9,12,17,19,22,30H2. The SMILES string of the molecule is C1=CC2=C(CC1)C1C=C(C3C=CC4=C(C3)C3(C5=C(CCCC5)Oc5ccccc53)c3ccc(-c5ccccc5)cc3O4)C=CC1N2c1ccccc1. The third-order valence-corrected chi connectivity index (χ3v) is 12.6. The normalized spacial score (nSPS) is 26.5. The molecule has 3 heteroatoms. The minimum absolute atomic E-state index is 0.248. The van der Waals surface area contributed by atoms with Crippen molar-refractivity contribution in [3.8, 4) is 22.6 Å². The number of para-hydroxylation sites is 2. The molecule has 0 aromatic heterocycles. The number of hydrogen-bond donors (Lipinski definition) is 0. The van der Waals surface area contributed by atoms with E-state index in [0.717, 1.165) is 55.8 Å². The van der Waals surface area contributed by atoms with Crippen LogP contribution < -0.4 is 14.4 Å². The number of benzene rings is 4. The largest absolute Gasteiger partial charge is 0.461 e. The number of ether oxygens (including phenoxy) is 2. The summed E-state index contributed by atoms with van der Waals surface area (Å²) in [6.07, 6.45) is 24.4. The summed E-state index contributed by atoms with van der Waals surface area (Å²) < 4.78 is 13.8. The zero-order chi connectivity index (χ0) is 34.2. The van der Waals surface area contributed by atoms with E-state index in [2.05, 4.69) is 151 Å². The molecule has 52 heavy (non-hydrogen) atoms. The van der Waals surface area contributed by atoms with Gasteiger partial charge < -0.3 is 14.4 Å². The van der Waals surface area contributed by atoms with Gasteiger partial charge in [-0.1, -0.05) is 109 Å². The molecule has 0 bridgehead atoms. The van der Waals surface area contributed by atoms with Gasteiger partial charge in [0, 0.05) is 40.8 Å². The van der Waals surface area contributed by atoms with Crippen molar-refractivity contribution < 1.29 is 9.47 Å². The van der Waals surface area contributed by atoms with Crippen LogP contribution in [0.4, 0.5) is 5.69 Å². The topological polar surface area (TPSA) is 21.7 Å². The first-order chi connectivity index (χ1) is 25.8. The summed E-state index contributed by atoms with van der Waals surface area (Å²) in [7, 11) is 0. The summed E-state index contributed by atoms with van der Waals surface area (Å²) in [5, 5.41) is 0. The highest BCUT2D eigenvalue weighted by atomic mass is 16.5. The molecule has 254 valence electrons. The fourth-order valence-electron chi connectivity index (χ4n) is 10.4. The minimum Gasteiger partial charge on any atom is -0.461 e. The number of nitrogens with zero attached hydrogens (tertiary/aromatic N) is 1. The molecule has 0 fully saturated rings. The zero-order valence-electron chi connectivity index (χ0n) is 29.3. The first kappa shape index (κ1) is 30.1. The van der Waals surface area contributed by atoms with Crippen LogP contribution in [0.5, 0.6) is 11.5 Å². The Bertz CT molecular complexity index is 2350. The highest BCUT2D eigenvalue weighted by Crippen LogP contribution is 2.62. The molecule has 0 radical (unpaired) electrons. The Kier molecular flexibility index (Phi) is 6.80. The summed E-state index contributed by atoms with van der Waals surface area (Å²) in [5.41, 5.74) is 12.9. The molecule has 0 saturated carbocycles. The van der Waals surface area contributed by atoms with Crippen LogP contribution in [0.1, 0.15) is 56.1 Å². The van der Waals surface area contributed by atoms with Crippen molar-refractivity contribution in [3.63, 3.8) is 0 Å². The molecule has 4 aromatic carbocycles. The Morgan fingerprint density at radius 1 is 0.654 bits per heavy atom. The Balaban J connectivity index is 1.04. The molecule has 7 aliphatic rings. The summed E-state index contributed by atoms with van der Waals surface area (Å²) in [5.74, 6) is 4.72. The van der Waals surface area contributed by atoms with Crippen molar-refractivity contribution in [2.45, 2.75) is 56.4 Å². The van der Waals surface area contributed by atoms with Gasteiger partial charge in [0.2, 0.25) is 0 Å². The van der Waals surface area contributed by atoms with E-state index < -0.39 is 5.41 Å². The monoisotopic (exact) mass is 675 g/mol. The fourth-order valence-corrected chi connectivity index (χ4v) is 10.4. The van der Waals surface area contributed by atoms with Crippen LogP contribution >= 0.6 is 0 Å². The maximum Gasteiger partial charge on any atom is 0.132 e. The minimum atomic E-state index is -0.436. The lowest BCUT2D eigenvalue weighted by molar-refractivity contribution is 0.311. The average molecular weight is 676 g/mol. The van der Waals surface area contributed by atoms with Crippen molar-refractivity contribution in [1.29, 1.82) is 0 Å². The number of hydrogen-bond acceptors (Lipinski definition) is 3. The maximum absolute atomic E-state index is 7.03. The van der Waals surface area contributed by atoms with Crippen LogP contribution in [-0.4, -0.2) is 6.04 Å². The second kappa shape index (κ2) is 11.7. The summed E-state index contributed by atoms with van der Waals surface area (Å²) >= 11 is 0. The van der Waals surface area contributed by atoms with Crippen molar-refractivity contribution in [2.75, 3.05) is 4.90 Å². The van der Waals surface area contributed by atoms with Gasteiger partial charge in [0.05, 0.1) is 11.5 Å². The predicted molar refractivity (Wildman–Crippen MR) is 209 cm³/mol. The third-order valence-electron chi connectivity index (χ3n) is 12.6. The number of allylic oxidation sites excluding steroid dienone is 9. The van der Waals surface area contributed by atoms with Gasteiger partial charge in [-0.3, -0.25) is 0 Å². The number of anilines is 1. The first-order valence-corrected chi connectivity index (χ1v) is 19.2. The van der Waals surface area contributed by atoms with Gasteiger partial charge in [0.1, 0.15) is 23.0 Å². The van der Waals surface area contributed by atoms with Crippen LogP contribution in [0.2, 0.25) is 0 Å². The Morgan fingerprint density at radius 3 is 2.37 bits per heavy atom. The molecular weight excluding hydrogens is 635 g/mol. The molecule has 4 aliphatic carbocycles. The van der Waals surface area contributed by atoms with Crippen LogP contribution in [0.3, 0.4) is 0 Å². The van der Waals surface area contributed by atoms with E-state index in [1.165, 1.54) is 62.5 Å². The van der Waals surface area contributed by atoms with Crippen LogP contribution in [0.15, 0.2) is 185 Å². The van der Waals surface area contributed by atoms with Crippen LogP contribution in [0, 0.1) is 11.8 Å². The lowest BCUT2D eigenvalue weighted by atomic mass is 9.57. The van der Waals surface area contributed by atoms with Gasteiger partial charge in [-0.05, 0) is 108 Å². The van der Waals surface area contributed by atoms with Gasteiger partial charge >= 0.3 is 0 Å². The van der Waals surface area contributed by atoms with Gasteiger partial charge in [-0.15, -0.1) is 0 Å². The van der Waals surface area contributed by atoms with E-state index in [-0.39, 0.29) is 5.92 Å². The van der Waals surface area contributed by atoms with Crippen molar-refractivity contribution in [3.05, 3.63) is 196 Å². The van der Waals surface area contributed by atoms with Gasteiger partial charge in [0.25, 0.3) is 0 Å². The molecule has 3 nitrogen and oxygen atoms in total. The Hall–Kier alpha value is -5.54. The van der Waals surface area contributed by atoms with E-state index >= 15 is 0 Å². The molecule has 4 aromatic rings. The van der Waals surface area contributed by atoms with Gasteiger partial charge in [0.15, 0.2) is 0 Å². The highest BCUT2D eigenvalue weighted by molar-refractivity contribution is 5.75. The lowest BCUT2D eigenvalue weighted by Crippen LogP contribution is -2.42. The molecule has 3 aliphatic heterocycles. The number of rotatable bonds is 3. The molecule has 0 saturated heterocycles. The zero-order valence-corrected chi connectivity index (χ0v) is 29.3. The molecule has 11 rings (SSSR count). The molecule has 4 atom stereocenters. The van der Waals surface area contributed by atoms with Crippen molar-refractivity contribution in [2.24, 2.45) is 11.8 Å². The number of fused-ring (bicyclic) bond motifs is 8. The lowest BCUT2D eigenvalue weighted by Gasteiger charge is -2.49. The summed E-state index contributed by atoms with van der Waals surface area (Å²) in [4.78, 5) is 2.57. The van der Waals surface area contributed by atoms with Crippen LogP contribution in [-0.2, 0) is 5.41 Å². The third kappa shape index (κ3) is 4.38. The fraction of sp³-hybridized carbons (Fsp3) is 0.224. The first-order valence-electron chi connectivity index (χ1n) is 19.2. The smallest absolute Gasteiger partial charge is 0.132 e. The van der Waals surface area contributed by atoms with E-state index in [9.17, 15) is 0 Å². The van der Waals surface area contributed by atoms with E-state index in [4.69, 9.17) is 9.47 Å². The van der Waals surface area contributed by atoms with Gasteiger partial charge in [-0.2, -0.15) is 0 Å².